The molecule has 8 heteroatoms. The third-order valence-corrected chi connectivity index (χ3v) is 3.56. The number of aromatic nitrogens is 1. The molecule has 0 bridgehead atoms. The number of amides is 1. The molecule has 114 valence electrons. The highest BCUT2D eigenvalue weighted by Crippen LogP contribution is 2.23. The van der Waals surface area contributed by atoms with Gasteiger partial charge in [0.2, 0.25) is 11.7 Å². The highest BCUT2D eigenvalue weighted by Gasteiger charge is 2.23. The summed E-state index contributed by atoms with van der Waals surface area (Å²) < 4.78 is 0. The Bertz CT molecular complexity index is 514. The van der Waals surface area contributed by atoms with E-state index in [0.29, 0.717) is 12.4 Å². The summed E-state index contributed by atoms with van der Waals surface area (Å²) in [4.78, 5) is 27.9. The van der Waals surface area contributed by atoms with Crippen LogP contribution in [0.15, 0.2) is 18.3 Å². The third-order valence-electron chi connectivity index (χ3n) is 3.56. The second kappa shape index (κ2) is 6.98. The van der Waals surface area contributed by atoms with Crippen molar-refractivity contribution in [2.45, 2.75) is 18.9 Å². The van der Waals surface area contributed by atoms with E-state index in [4.69, 9.17) is 0 Å². The molecule has 2 N–H and O–H groups in total. The Morgan fingerprint density at radius 3 is 2.86 bits per heavy atom. The number of anilines is 1. The highest BCUT2D eigenvalue weighted by molar-refractivity contribution is 5.77. The first-order valence-electron chi connectivity index (χ1n) is 6.89. The van der Waals surface area contributed by atoms with Crippen molar-refractivity contribution in [2.24, 2.45) is 0 Å². The maximum absolute atomic E-state index is 11.3. The lowest BCUT2D eigenvalue weighted by Crippen LogP contribution is -2.43. The maximum Gasteiger partial charge on any atom is 0.311 e. The molecule has 0 aromatic carbocycles. The largest absolute Gasteiger partial charge is 0.362 e. The summed E-state index contributed by atoms with van der Waals surface area (Å²) >= 11 is 0. The van der Waals surface area contributed by atoms with Gasteiger partial charge >= 0.3 is 5.69 Å². The number of hydrogen-bond donors (Lipinski definition) is 2. The van der Waals surface area contributed by atoms with Gasteiger partial charge in [0.15, 0.2) is 0 Å². The first-order chi connectivity index (χ1) is 10.1. The molecule has 1 aliphatic rings. The molecular formula is C13H19N5O3. The van der Waals surface area contributed by atoms with Crippen LogP contribution < -0.4 is 10.6 Å². The molecule has 21 heavy (non-hydrogen) atoms. The van der Waals surface area contributed by atoms with E-state index in [0.717, 1.165) is 25.9 Å². The average molecular weight is 293 g/mol. The fraction of sp³-hybridized carbons (Fsp3) is 0.538. The molecule has 1 saturated heterocycles. The molecule has 0 spiro atoms. The van der Waals surface area contributed by atoms with Crippen LogP contribution >= 0.6 is 0 Å². The molecule has 1 fully saturated rings. The monoisotopic (exact) mass is 293 g/mol. The SMILES string of the molecule is CNC(=O)CN1CCC(Nc2ncccc2[N+](=O)[O-])CC1. The smallest absolute Gasteiger partial charge is 0.311 e. The van der Waals surface area contributed by atoms with Gasteiger partial charge < -0.3 is 10.6 Å². The second-order valence-electron chi connectivity index (χ2n) is 5.00. The quantitative estimate of drug-likeness (QED) is 0.609. The summed E-state index contributed by atoms with van der Waals surface area (Å²) in [6, 6.07) is 3.13. The van der Waals surface area contributed by atoms with Crippen LogP contribution in [0.3, 0.4) is 0 Å². The fourth-order valence-electron chi connectivity index (χ4n) is 2.37. The number of likely N-dealkylation sites (tertiary alicyclic amines) is 1. The lowest BCUT2D eigenvalue weighted by molar-refractivity contribution is -0.384. The van der Waals surface area contributed by atoms with Crippen molar-refractivity contribution in [3.63, 3.8) is 0 Å². The zero-order valence-electron chi connectivity index (χ0n) is 11.9. The molecule has 1 aliphatic heterocycles. The Kier molecular flexibility index (Phi) is 5.04. The molecule has 0 saturated carbocycles. The van der Waals surface area contributed by atoms with Crippen LogP contribution in [0.1, 0.15) is 12.8 Å². The number of rotatable bonds is 5. The zero-order chi connectivity index (χ0) is 15.2. The van der Waals surface area contributed by atoms with E-state index in [-0.39, 0.29) is 17.6 Å². The molecule has 0 atom stereocenters. The van der Waals surface area contributed by atoms with Crippen molar-refractivity contribution < 1.29 is 9.72 Å². The van der Waals surface area contributed by atoms with E-state index >= 15 is 0 Å². The lowest BCUT2D eigenvalue weighted by atomic mass is 10.0. The fourth-order valence-corrected chi connectivity index (χ4v) is 2.37. The Morgan fingerprint density at radius 2 is 2.24 bits per heavy atom. The van der Waals surface area contributed by atoms with Crippen molar-refractivity contribution in [2.75, 3.05) is 32.0 Å². The van der Waals surface area contributed by atoms with Gasteiger partial charge in [-0.3, -0.25) is 19.8 Å². The first-order valence-corrected chi connectivity index (χ1v) is 6.89. The number of hydrogen-bond acceptors (Lipinski definition) is 6. The van der Waals surface area contributed by atoms with Gasteiger partial charge in [-0.2, -0.15) is 0 Å². The summed E-state index contributed by atoms with van der Waals surface area (Å²) in [7, 11) is 1.62. The normalized spacial score (nSPS) is 16.4. The van der Waals surface area contributed by atoms with Gasteiger partial charge in [-0.25, -0.2) is 4.98 Å². The minimum atomic E-state index is -0.434. The third kappa shape index (κ3) is 4.12. The first kappa shape index (κ1) is 15.2. The number of nitro groups is 1. The topological polar surface area (TPSA) is 100 Å². The van der Waals surface area contributed by atoms with E-state index < -0.39 is 4.92 Å². The van der Waals surface area contributed by atoms with Crippen molar-refractivity contribution in [3.05, 3.63) is 28.4 Å². The zero-order valence-corrected chi connectivity index (χ0v) is 11.9. The van der Waals surface area contributed by atoms with Crippen LogP contribution in [-0.4, -0.2) is 53.4 Å². The van der Waals surface area contributed by atoms with Crippen LogP contribution in [0, 0.1) is 10.1 Å². The predicted octanol–water partition coefficient (Wildman–Crippen LogP) is 0.612. The van der Waals surface area contributed by atoms with Gasteiger partial charge in [-0.15, -0.1) is 0 Å². The van der Waals surface area contributed by atoms with Crippen molar-refractivity contribution in [1.82, 2.24) is 15.2 Å². The molecule has 2 rings (SSSR count). The Morgan fingerprint density at radius 1 is 1.52 bits per heavy atom. The summed E-state index contributed by atoms with van der Waals surface area (Å²) in [5, 5.41) is 16.7. The number of carbonyl (C=O) groups is 1. The van der Waals surface area contributed by atoms with E-state index in [1.807, 2.05) is 0 Å². The van der Waals surface area contributed by atoms with Gasteiger partial charge in [0.1, 0.15) is 0 Å². The van der Waals surface area contributed by atoms with Gasteiger partial charge in [0.05, 0.1) is 11.5 Å². The molecule has 1 aromatic heterocycles. The van der Waals surface area contributed by atoms with Crippen molar-refractivity contribution >= 4 is 17.4 Å². The molecular weight excluding hydrogens is 274 g/mol. The summed E-state index contributed by atoms with van der Waals surface area (Å²) in [6.45, 7) is 1.96. The molecule has 1 aromatic rings. The Balaban J connectivity index is 1.89. The molecule has 0 aliphatic carbocycles. The number of pyridine rings is 1. The number of carbonyl (C=O) groups excluding carboxylic acids is 1. The second-order valence-corrected chi connectivity index (χ2v) is 5.00. The van der Waals surface area contributed by atoms with Gasteiger partial charge in [0.25, 0.3) is 0 Å². The maximum atomic E-state index is 11.3. The molecule has 0 unspecified atom stereocenters. The number of nitrogens with zero attached hydrogens (tertiary/aromatic N) is 3. The number of nitrogens with one attached hydrogen (secondary N) is 2. The van der Waals surface area contributed by atoms with E-state index in [9.17, 15) is 14.9 Å². The Labute approximate surface area is 122 Å². The van der Waals surface area contributed by atoms with Crippen molar-refractivity contribution in [1.29, 1.82) is 0 Å². The van der Waals surface area contributed by atoms with Crippen molar-refractivity contribution in [3.8, 4) is 0 Å². The van der Waals surface area contributed by atoms with Crippen LogP contribution in [0.5, 0.6) is 0 Å². The standard InChI is InChI=1S/C13H19N5O3/c1-14-12(19)9-17-7-4-10(5-8-17)16-13-11(18(20)21)3-2-6-15-13/h2-3,6,10H,4-5,7-9H2,1H3,(H,14,19)(H,15,16). The van der Waals surface area contributed by atoms with Crippen LogP contribution in [0.2, 0.25) is 0 Å². The van der Waals surface area contributed by atoms with Gasteiger partial charge in [-0.1, -0.05) is 0 Å². The molecule has 1 amide bonds. The van der Waals surface area contributed by atoms with E-state index in [2.05, 4.69) is 20.5 Å². The van der Waals surface area contributed by atoms with Crippen LogP contribution in [0.25, 0.3) is 0 Å². The van der Waals surface area contributed by atoms with Crippen LogP contribution in [0.4, 0.5) is 11.5 Å². The molecule has 2 heterocycles. The van der Waals surface area contributed by atoms with E-state index in [1.54, 1.807) is 13.1 Å². The lowest BCUT2D eigenvalue weighted by Gasteiger charge is -2.31. The number of likely N-dealkylation sites (N-methyl/N-ethyl adjacent to an activating group) is 1. The minimum Gasteiger partial charge on any atom is -0.362 e. The summed E-state index contributed by atoms with van der Waals surface area (Å²) in [6.07, 6.45) is 3.19. The Hall–Kier alpha value is -2.22. The summed E-state index contributed by atoms with van der Waals surface area (Å²) in [5.74, 6) is 0.314. The molecule has 0 radical (unpaired) electrons. The average Bonchev–Trinajstić information content (AvgIpc) is 2.49. The van der Waals surface area contributed by atoms with Crippen LogP contribution in [-0.2, 0) is 4.79 Å². The van der Waals surface area contributed by atoms with Gasteiger partial charge in [0, 0.05) is 38.4 Å². The van der Waals surface area contributed by atoms with E-state index in [1.165, 1.54) is 12.3 Å². The predicted molar refractivity (Wildman–Crippen MR) is 78.0 cm³/mol. The summed E-state index contributed by atoms with van der Waals surface area (Å²) in [5.41, 5.74) is -0.00899. The molecule has 8 nitrogen and oxygen atoms in total. The minimum absolute atomic E-state index is 0.00164. The highest BCUT2D eigenvalue weighted by atomic mass is 16.6. The van der Waals surface area contributed by atoms with Gasteiger partial charge in [-0.05, 0) is 18.9 Å². The number of piperidine rings is 1.